The van der Waals surface area contributed by atoms with Crippen LogP contribution in [0.4, 0.5) is 5.82 Å². The minimum atomic E-state index is -0.269. The summed E-state index contributed by atoms with van der Waals surface area (Å²) in [7, 11) is 0. The first-order valence-corrected chi connectivity index (χ1v) is 6.05. The number of rotatable bonds is 4. The summed E-state index contributed by atoms with van der Waals surface area (Å²) in [5.41, 5.74) is -0.423. The number of H-pyrrole nitrogens is 1. The van der Waals surface area contributed by atoms with E-state index in [9.17, 15) is 9.90 Å². The molecule has 2 rings (SSSR count). The highest BCUT2D eigenvalue weighted by atomic mass is 16.3. The Morgan fingerprint density at radius 1 is 1.59 bits per heavy atom. The third-order valence-corrected chi connectivity index (χ3v) is 3.31. The number of aliphatic hydroxyl groups is 1. The molecule has 0 bridgehead atoms. The lowest BCUT2D eigenvalue weighted by Crippen LogP contribution is -2.48. The van der Waals surface area contributed by atoms with Crippen LogP contribution in [-0.2, 0) is 0 Å². The van der Waals surface area contributed by atoms with Gasteiger partial charge in [0.2, 0.25) is 0 Å². The zero-order chi connectivity index (χ0) is 12.5. The standard InChI is InChI=1S/C12H19N3O2/c1-8(2)11-13-9(6-10(17)14-11)15-12(7-16)4-3-5-12/h6,8,16H,3-5,7H2,1-2H3,(H2,13,14,15,17). The van der Waals surface area contributed by atoms with Gasteiger partial charge in [-0.15, -0.1) is 0 Å². The van der Waals surface area contributed by atoms with Crippen molar-refractivity contribution < 1.29 is 5.11 Å². The molecule has 1 aliphatic carbocycles. The van der Waals surface area contributed by atoms with Crippen molar-refractivity contribution in [1.82, 2.24) is 9.97 Å². The largest absolute Gasteiger partial charge is 0.394 e. The molecule has 94 valence electrons. The van der Waals surface area contributed by atoms with Gasteiger partial charge < -0.3 is 15.4 Å². The van der Waals surface area contributed by atoms with Gasteiger partial charge in [0.05, 0.1) is 12.1 Å². The van der Waals surface area contributed by atoms with Gasteiger partial charge in [0, 0.05) is 12.0 Å². The molecule has 1 aliphatic rings. The van der Waals surface area contributed by atoms with Crippen molar-refractivity contribution in [3.05, 3.63) is 22.2 Å². The molecule has 5 heteroatoms. The Labute approximate surface area is 100 Å². The fourth-order valence-electron chi connectivity index (χ4n) is 2.01. The van der Waals surface area contributed by atoms with Crippen molar-refractivity contribution in [2.24, 2.45) is 0 Å². The predicted molar refractivity (Wildman–Crippen MR) is 66.2 cm³/mol. The molecule has 17 heavy (non-hydrogen) atoms. The van der Waals surface area contributed by atoms with E-state index in [1.54, 1.807) is 0 Å². The number of aliphatic hydroxyl groups excluding tert-OH is 1. The first-order valence-electron chi connectivity index (χ1n) is 6.05. The maximum atomic E-state index is 11.5. The number of nitrogens with one attached hydrogen (secondary N) is 2. The van der Waals surface area contributed by atoms with Gasteiger partial charge in [-0.2, -0.15) is 0 Å². The Bertz CT molecular complexity index is 444. The second-order valence-corrected chi connectivity index (χ2v) is 5.09. The molecule has 0 spiro atoms. The van der Waals surface area contributed by atoms with Crippen molar-refractivity contribution in [3.8, 4) is 0 Å². The van der Waals surface area contributed by atoms with Crippen LogP contribution in [0.2, 0.25) is 0 Å². The van der Waals surface area contributed by atoms with E-state index in [0.717, 1.165) is 19.3 Å². The van der Waals surface area contributed by atoms with E-state index in [0.29, 0.717) is 11.6 Å². The molecule has 1 heterocycles. The molecule has 0 atom stereocenters. The molecule has 0 aromatic carbocycles. The highest BCUT2D eigenvalue weighted by Crippen LogP contribution is 2.34. The van der Waals surface area contributed by atoms with Crippen LogP contribution < -0.4 is 10.9 Å². The average Bonchev–Trinajstić information content (AvgIpc) is 2.22. The van der Waals surface area contributed by atoms with Crippen LogP contribution in [0.3, 0.4) is 0 Å². The molecule has 3 N–H and O–H groups in total. The van der Waals surface area contributed by atoms with Crippen LogP contribution >= 0.6 is 0 Å². The monoisotopic (exact) mass is 237 g/mol. The van der Waals surface area contributed by atoms with Gasteiger partial charge in [-0.05, 0) is 19.3 Å². The number of anilines is 1. The average molecular weight is 237 g/mol. The third kappa shape index (κ3) is 2.49. The van der Waals surface area contributed by atoms with Crippen LogP contribution in [0.25, 0.3) is 0 Å². The van der Waals surface area contributed by atoms with Crippen molar-refractivity contribution in [3.63, 3.8) is 0 Å². The summed E-state index contributed by atoms with van der Waals surface area (Å²) in [5.74, 6) is 1.41. The maximum Gasteiger partial charge on any atom is 0.252 e. The zero-order valence-corrected chi connectivity index (χ0v) is 10.3. The molecule has 1 fully saturated rings. The van der Waals surface area contributed by atoms with E-state index in [-0.39, 0.29) is 23.6 Å². The van der Waals surface area contributed by atoms with Crippen LogP contribution in [0.5, 0.6) is 0 Å². The predicted octanol–water partition coefficient (Wildman–Crippen LogP) is 1.22. The summed E-state index contributed by atoms with van der Waals surface area (Å²) in [6, 6.07) is 1.45. The summed E-state index contributed by atoms with van der Waals surface area (Å²) in [6.45, 7) is 4.04. The van der Waals surface area contributed by atoms with E-state index in [4.69, 9.17) is 0 Å². The van der Waals surface area contributed by atoms with E-state index in [1.165, 1.54) is 6.07 Å². The first kappa shape index (κ1) is 12.1. The molecule has 1 aromatic heterocycles. The first-order chi connectivity index (χ1) is 8.04. The Morgan fingerprint density at radius 3 is 2.76 bits per heavy atom. The summed E-state index contributed by atoms with van der Waals surface area (Å²) in [6.07, 6.45) is 2.96. The molecule has 0 unspecified atom stereocenters. The van der Waals surface area contributed by atoms with Gasteiger partial charge in [0.1, 0.15) is 11.6 Å². The Balaban J connectivity index is 2.23. The molecule has 0 aliphatic heterocycles. The normalized spacial score (nSPS) is 17.9. The van der Waals surface area contributed by atoms with Crippen molar-refractivity contribution in [2.45, 2.75) is 44.6 Å². The highest BCUT2D eigenvalue weighted by molar-refractivity contribution is 5.38. The van der Waals surface area contributed by atoms with Gasteiger partial charge in [0.25, 0.3) is 5.56 Å². The topological polar surface area (TPSA) is 78.0 Å². The summed E-state index contributed by atoms with van der Waals surface area (Å²) >= 11 is 0. The highest BCUT2D eigenvalue weighted by Gasteiger charge is 2.36. The SMILES string of the molecule is CC(C)c1nc(NC2(CO)CCC2)cc(=O)[nH]1. The van der Waals surface area contributed by atoms with Gasteiger partial charge in [-0.25, -0.2) is 4.98 Å². The maximum absolute atomic E-state index is 11.5. The zero-order valence-electron chi connectivity index (χ0n) is 10.3. The van der Waals surface area contributed by atoms with Crippen molar-refractivity contribution in [2.75, 3.05) is 11.9 Å². The van der Waals surface area contributed by atoms with Crippen molar-refractivity contribution in [1.29, 1.82) is 0 Å². The van der Waals surface area contributed by atoms with E-state index in [2.05, 4.69) is 15.3 Å². The lowest BCUT2D eigenvalue weighted by atomic mass is 9.77. The molecule has 0 amide bonds. The second-order valence-electron chi connectivity index (χ2n) is 5.09. The van der Waals surface area contributed by atoms with Crippen LogP contribution in [0.15, 0.2) is 10.9 Å². The van der Waals surface area contributed by atoms with Gasteiger partial charge in [-0.1, -0.05) is 13.8 Å². The number of aromatic nitrogens is 2. The second kappa shape index (κ2) is 4.49. The molecular formula is C12H19N3O2. The quantitative estimate of drug-likeness (QED) is 0.735. The minimum Gasteiger partial charge on any atom is -0.394 e. The Morgan fingerprint density at radius 2 is 2.29 bits per heavy atom. The smallest absolute Gasteiger partial charge is 0.252 e. The Kier molecular flexibility index (Phi) is 3.19. The summed E-state index contributed by atoms with van der Waals surface area (Å²) in [5, 5.41) is 12.6. The summed E-state index contributed by atoms with van der Waals surface area (Å²) in [4.78, 5) is 18.6. The van der Waals surface area contributed by atoms with Crippen molar-refractivity contribution >= 4 is 5.82 Å². The number of hydrogen-bond donors (Lipinski definition) is 3. The number of hydrogen-bond acceptors (Lipinski definition) is 4. The molecular weight excluding hydrogens is 218 g/mol. The fourth-order valence-corrected chi connectivity index (χ4v) is 2.01. The van der Waals surface area contributed by atoms with E-state index < -0.39 is 0 Å². The van der Waals surface area contributed by atoms with Gasteiger partial charge >= 0.3 is 0 Å². The molecule has 1 aromatic rings. The fraction of sp³-hybridized carbons (Fsp3) is 0.667. The molecule has 0 saturated heterocycles. The van der Waals surface area contributed by atoms with Gasteiger partial charge in [0.15, 0.2) is 0 Å². The number of nitrogens with zero attached hydrogens (tertiary/aromatic N) is 1. The minimum absolute atomic E-state index is 0.0818. The molecule has 5 nitrogen and oxygen atoms in total. The van der Waals surface area contributed by atoms with Crippen LogP contribution in [0, 0.1) is 0 Å². The van der Waals surface area contributed by atoms with E-state index >= 15 is 0 Å². The molecule has 1 saturated carbocycles. The number of aromatic amines is 1. The van der Waals surface area contributed by atoms with Crippen LogP contribution in [0.1, 0.15) is 44.9 Å². The Hall–Kier alpha value is -1.36. The lowest BCUT2D eigenvalue weighted by Gasteiger charge is -2.41. The summed E-state index contributed by atoms with van der Waals surface area (Å²) < 4.78 is 0. The lowest BCUT2D eigenvalue weighted by molar-refractivity contribution is 0.143. The third-order valence-electron chi connectivity index (χ3n) is 3.31. The van der Waals surface area contributed by atoms with Crippen LogP contribution in [-0.4, -0.2) is 27.2 Å². The molecule has 0 radical (unpaired) electrons. The van der Waals surface area contributed by atoms with Gasteiger partial charge in [-0.3, -0.25) is 4.79 Å². The van der Waals surface area contributed by atoms with E-state index in [1.807, 2.05) is 13.8 Å².